The lowest BCUT2D eigenvalue weighted by Gasteiger charge is -2.41. The van der Waals surface area contributed by atoms with Crippen molar-refractivity contribution >= 4 is 51.5 Å². The first-order valence-corrected chi connectivity index (χ1v) is 19.0. The molecule has 1 amide bonds. The maximum Gasteiger partial charge on any atom is 0.273 e. The third kappa shape index (κ3) is 6.99. The number of fused-ring (bicyclic) bond motifs is 1. The number of carbonyl (C=O) groups is 1. The molecule has 3 aromatic heterocycles. The van der Waals surface area contributed by atoms with Crippen LogP contribution < -0.4 is 15.0 Å². The van der Waals surface area contributed by atoms with E-state index in [1.165, 1.54) is 38.4 Å². The van der Waals surface area contributed by atoms with Gasteiger partial charge in [0.15, 0.2) is 5.82 Å². The SMILES string of the molecule is COc1ncnc(N2CCN(C3CCCCC3)CC2)c1NC(=O)c1[nH]c2cc(Cl)ccc2c1-c1c(-c2ccccc2)ncn1C(C)c1ccc(Cl)cc1. The van der Waals surface area contributed by atoms with Crippen LogP contribution in [0.1, 0.15) is 61.1 Å². The zero-order valence-electron chi connectivity index (χ0n) is 29.9. The number of carbonyl (C=O) groups excluding carboxylic acids is 1. The summed E-state index contributed by atoms with van der Waals surface area (Å²) in [7, 11) is 1.56. The molecule has 53 heavy (non-hydrogen) atoms. The molecule has 1 atom stereocenters. The van der Waals surface area contributed by atoms with Gasteiger partial charge in [0, 0.05) is 64.3 Å². The van der Waals surface area contributed by atoms with Crippen molar-refractivity contribution in [1.82, 2.24) is 29.4 Å². The molecule has 1 saturated carbocycles. The first-order valence-electron chi connectivity index (χ1n) is 18.3. The van der Waals surface area contributed by atoms with Gasteiger partial charge in [-0.2, -0.15) is 4.98 Å². The Kier molecular flexibility index (Phi) is 10.1. The lowest BCUT2D eigenvalue weighted by molar-refractivity contribution is 0.102. The lowest BCUT2D eigenvalue weighted by atomic mass is 9.94. The fraction of sp³-hybridized carbons (Fsp3) is 0.317. The fourth-order valence-corrected chi connectivity index (χ4v) is 8.28. The lowest BCUT2D eigenvalue weighted by Crippen LogP contribution is -2.51. The second-order valence-electron chi connectivity index (χ2n) is 13.9. The second kappa shape index (κ2) is 15.2. The van der Waals surface area contributed by atoms with E-state index < -0.39 is 0 Å². The van der Waals surface area contributed by atoms with E-state index >= 15 is 0 Å². The van der Waals surface area contributed by atoms with Crippen molar-refractivity contribution in [3.05, 3.63) is 107 Å². The highest BCUT2D eigenvalue weighted by atomic mass is 35.5. The van der Waals surface area contributed by atoms with E-state index in [0.29, 0.717) is 44.7 Å². The number of hydrogen-bond donors (Lipinski definition) is 2. The van der Waals surface area contributed by atoms with E-state index in [1.807, 2.05) is 79.1 Å². The van der Waals surface area contributed by atoms with Gasteiger partial charge in [-0.05, 0) is 49.6 Å². The van der Waals surface area contributed by atoms with Crippen molar-refractivity contribution in [3.8, 4) is 28.4 Å². The highest BCUT2D eigenvalue weighted by Crippen LogP contribution is 2.42. The first kappa shape index (κ1) is 35.1. The molecule has 1 saturated heterocycles. The van der Waals surface area contributed by atoms with Crippen LogP contribution in [0.2, 0.25) is 10.0 Å². The molecule has 0 spiro atoms. The quantitative estimate of drug-likeness (QED) is 0.152. The summed E-state index contributed by atoms with van der Waals surface area (Å²) in [6.07, 6.45) is 9.82. The molecule has 1 aliphatic heterocycles. The number of hydrogen-bond acceptors (Lipinski definition) is 7. The monoisotopic (exact) mass is 748 g/mol. The molecular weight excluding hydrogens is 707 g/mol. The molecule has 6 aromatic rings. The van der Waals surface area contributed by atoms with Gasteiger partial charge in [0.05, 0.1) is 30.9 Å². The van der Waals surface area contributed by atoms with Crippen molar-refractivity contribution in [3.63, 3.8) is 0 Å². The number of imidazole rings is 1. The Morgan fingerprint density at radius 2 is 1.64 bits per heavy atom. The van der Waals surface area contributed by atoms with Crippen LogP contribution in [0.25, 0.3) is 33.4 Å². The van der Waals surface area contributed by atoms with Gasteiger partial charge in [-0.1, -0.05) is 91.0 Å². The van der Waals surface area contributed by atoms with E-state index in [2.05, 4.69) is 36.6 Å². The van der Waals surface area contributed by atoms with Crippen LogP contribution >= 0.6 is 23.2 Å². The third-order valence-corrected chi connectivity index (χ3v) is 11.3. The predicted octanol–water partition coefficient (Wildman–Crippen LogP) is 9.12. The van der Waals surface area contributed by atoms with E-state index in [4.69, 9.17) is 37.9 Å². The van der Waals surface area contributed by atoms with E-state index in [9.17, 15) is 4.79 Å². The van der Waals surface area contributed by atoms with Gasteiger partial charge < -0.3 is 24.5 Å². The predicted molar refractivity (Wildman–Crippen MR) is 212 cm³/mol. The Morgan fingerprint density at radius 1 is 0.906 bits per heavy atom. The molecule has 10 nitrogen and oxygen atoms in total. The normalized spacial score (nSPS) is 16.2. The Labute approximate surface area is 319 Å². The van der Waals surface area contributed by atoms with Crippen molar-refractivity contribution in [1.29, 1.82) is 0 Å². The largest absolute Gasteiger partial charge is 0.479 e. The van der Waals surface area contributed by atoms with E-state index in [0.717, 1.165) is 59.6 Å². The van der Waals surface area contributed by atoms with Crippen molar-refractivity contribution in [2.75, 3.05) is 43.5 Å². The number of ether oxygens (including phenoxy) is 1. The Balaban J connectivity index is 1.21. The average molecular weight is 750 g/mol. The Bertz CT molecular complexity index is 2220. The summed E-state index contributed by atoms with van der Waals surface area (Å²) in [6.45, 7) is 5.57. The average Bonchev–Trinajstić information content (AvgIpc) is 3.80. The summed E-state index contributed by atoms with van der Waals surface area (Å²) >= 11 is 12.8. The van der Waals surface area contributed by atoms with E-state index in [-0.39, 0.29) is 11.9 Å². The summed E-state index contributed by atoms with van der Waals surface area (Å²) in [5, 5.41) is 5.23. The molecule has 0 bridgehead atoms. The summed E-state index contributed by atoms with van der Waals surface area (Å²) in [5.74, 6) is 0.569. The number of aromatic amines is 1. The standard InChI is InChI=1S/C41H42Cl2N8O2/c1-26(27-13-15-29(42)16-14-27)51-25-46-35(28-9-5-3-6-10-28)38(51)34-32-18-17-30(43)23-33(32)47-36(34)40(52)48-37-39(44-24-45-41(37)53-2)50-21-19-49(20-22-50)31-11-7-4-8-12-31/h3,5-6,9-10,13-18,23-26,31,47H,4,7-8,11-12,19-22H2,1-2H3,(H,48,52). The molecule has 3 aromatic carbocycles. The number of rotatable bonds is 9. The Hall–Kier alpha value is -4.90. The van der Waals surface area contributed by atoms with Crippen LogP contribution in [0.5, 0.6) is 5.88 Å². The molecule has 2 fully saturated rings. The van der Waals surface area contributed by atoms with Crippen LogP contribution in [0.3, 0.4) is 0 Å². The first-order chi connectivity index (χ1) is 25.9. The van der Waals surface area contributed by atoms with Gasteiger partial charge in [0.1, 0.15) is 17.7 Å². The number of aromatic nitrogens is 5. The van der Waals surface area contributed by atoms with Crippen molar-refractivity contribution < 1.29 is 9.53 Å². The summed E-state index contributed by atoms with van der Waals surface area (Å²) in [4.78, 5) is 37.2. The van der Waals surface area contributed by atoms with Gasteiger partial charge in [-0.25, -0.2) is 9.97 Å². The molecule has 1 unspecified atom stereocenters. The molecule has 8 rings (SSSR count). The molecule has 1 aliphatic carbocycles. The van der Waals surface area contributed by atoms with Crippen LogP contribution in [0.4, 0.5) is 11.5 Å². The minimum absolute atomic E-state index is 0.151. The zero-order chi connectivity index (χ0) is 36.5. The maximum atomic E-state index is 14.8. The van der Waals surface area contributed by atoms with E-state index in [1.54, 1.807) is 7.11 Å². The number of halogens is 2. The number of anilines is 2. The molecule has 2 aliphatic rings. The maximum absolute atomic E-state index is 14.8. The number of nitrogens with one attached hydrogen (secondary N) is 2. The second-order valence-corrected chi connectivity index (χ2v) is 14.7. The van der Waals surface area contributed by atoms with Gasteiger partial charge in [0.25, 0.3) is 5.91 Å². The van der Waals surface area contributed by atoms with Gasteiger partial charge >= 0.3 is 0 Å². The number of H-pyrrole nitrogens is 1. The van der Waals surface area contributed by atoms with Gasteiger partial charge in [-0.3, -0.25) is 9.69 Å². The van der Waals surface area contributed by atoms with Crippen LogP contribution in [0.15, 0.2) is 85.5 Å². The minimum Gasteiger partial charge on any atom is -0.479 e. The molecule has 0 radical (unpaired) electrons. The number of benzene rings is 3. The van der Waals surface area contributed by atoms with Gasteiger partial charge in [-0.15, -0.1) is 0 Å². The van der Waals surface area contributed by atoms with Crippen LogP contribution in [-0.4, -0.2) is 74.6 Å². The number of nitrogens with zero attached hydrogens (tertiary/aromatic N) is 6. The zero-order valence-corrected chi connectivity index (χ0v) is 31.4. The highest BCUT2D eigenvalue weighted by molar-refractivity contribution is 6.31. The minimum atomic E-state index is -0.367. The van der Waals surface area contributed by atoms with Crippen LogP contribution in [-0.2, 0) is 0 Å². The summed E-state index contributed by atoms with van der Waals surface area (Å²) < 4.78 is 7.85. The topological polar surface area (TPSA) is 104 Å². The summed E-state index contributed by atoms with van der Waals surface area (Å²) in [6, 6.07) is 23.9. The Morgan fingerprint density at radius 3 is 2.38 bits per heavy atom. The fourth-order valence-electron chi connectivity index (χ4n) is 7.98. The number of amides is 1. The summed E-state index contributed by atoms with van der Waals surface area (Å²) in [5.41, 5.74) is 5.70. The van der Waals surface area contributed by atoms with Crippen LogP contribution in [0, 0.1) is 0 Å². The molecule has 272 valence electrons. The molecule has 4 heterocycles. The highest BCUT2D eigenvalue weighted by Gasteiger charge is 2.31. The third-order valence-electron chi connectivity index (χ3n) is 10.8. The number of piperazine rings is 1. The number of methoxy groups -OCH3 is 1. The smallest absolute Gasteiger partial charge is 0.273 e. The van der Waals surface area contributed by atoms with Crippen molar-refractivity contribution in [2.24, 2.45) is 0 Å². The van der Waals surface area contributed by atoms with Gasteiger partial charge in [0.2, 0.25) is 5.88 Å². The molecule has 2 N–H and O–H groups in total. The molecular formula is C41H42Cl2N8O2. The van der Waals surface area contributed by atoms with Crippen molar-refractivity contribution in [2.45, 2.75) is 51.1 Å². The molecule has 12 heteroatoms.